The number of sulfonamides is 1. The molecule has 10 nitrogen and oxygen atoms in total. The molecule has 0 aromatic carbocycles. The summed E-state index contributed by atoms with van der Waals surface area (Å²) in [6, 6.07) is 1.76. The number of nitrogens with zero attached hydrogens (tertiary/aromatic N) is 3. The number of carbonyl (C=O) groups is 2. The first-order chi connectivity index (χ1) is 12.2. The zero-order chi connectivity index (χ0) is 18.9. The molecule has 2 heterocycles. The quantitative estimate of drug-likeness (QED) is 0.644. The number of carbonyl (C=O) groups excluding carboxylic acids is 1. The SMILES string of the molecule is CS(=O)(=O)N(CC(=O)O)CC1CN(C(=O)c2cc(C3CC3)[nH]n2)CCO1. The van der Waals surface area contributed by atoms with Gasteiger partial charge in [0.05, 0.1) is 19.0 Å². The lowest BCUT2D eigenvalue weighted by molar-refractivity contribution is -0.137. The van der Waals surface area contributed by atoms with Crippen molar-refractivity contribution < 1.29 is 27.9 Å². The fraction of sp³-hybridized carbons (Fsp3) is 0.667. The van der Waals surface area contributed by atoms with E-state index in [4.69, 9.17) is 9.84 Å². The van der Waals surface area contributed by atoms with Crippen LogP contribution in [-0.4, -0.2) is 89.9 Å². The molecule has 26 heavy (non-hydrogen) atoms. The van der Waals surface area contributed by atoms with Crippen molar-refractivity contribution in [3.8, 4) is 0 Å². The predicted molar refractivity (Wildman–Crippen MR) is 90.3 cm³/mol. The molecule has 1 aromatic heterocycles. The van der Waals surface area contributed by atoms with E-state index in [0.29, 0.717) is 18.2 Å². The van der Waals surface area contributed by atoms with Crippen LogP contribution in [0, 0.1) is 0 Å². The topological polar surface area (TPSA) is 133 Å². The third-order valence-electron chi connectivity index (χ3n) is 4.45. The Kier molecular flexibility index (Phi) is 5.30. The number of hydrogen-bond acceptors (Lipinski definition) is 6. The minimum atomic E-state index is -3.70. The Morgan fingerprint density at radius 3 is 2.81 bits per heavy atom. The number of amides is 1. The number of H-pyrrole nitrogens is 1. The average molecular weight is 386 g/mol. The monoisotopic (exact) mass is 386 g/mol. The number of rotatable bonds is 7. The maximum absolute atomic E-state index is 12.6. The van der Waals surface area contributed by atoms with Gasteiger partial charge in [-0.1, -0.05) is 0 Å². The van der Waals surface area contributed by atoms with E-state index in [0.717, 1.165) is 29.1 Å². The summed E-state index contributed by atoms with van der Waals surface area (Å²) in [4.78, 5) is 25.1. The van der Waals surface area contributed by atoms with E-state index in [1.54, 1.807) is 11.0 Å². The molecule has 11 heteroatoms. The molecule has 3 rings (SSSR count). The van der Waals surface area contributed by atoms with E-state index in [2.05, 4.69) is 10.2 Å². The third kappa shape index (κ3) is 4.59. The summed E-state index contributed by atoms with van der Waals surface area (Å²) in [7, 11) is -3.70. The van der Waals surface area contributed by atoms with Gasteiger partial charge in [0, 0.05) is 31.2 Å². The minimum absolute atomic E-state index is 0.122. The highest BCUT2D eigenvalue weighted by atomic mass is 32.2. The molecule has 1 saturated carbocycles. The number of aromatic nitrogens is 2. The van der Waals surface area contributed by atoms with Crippen LogP contribution < -0.4 is 0 Å². The molecular formula is C15H22N4O6S. The third-order valence-corrected chi connectivity index (χ3v) is 5.66. The Morgan fingerprint density at radius 2 is 2.19 bits per heavy atom. The first-order valence-electron chi connectivity index (χ1n) is 8.37. The highest BCUT2D eigenvalue weighted by Crippen LogP contribution is 2.39. The lowest BCUT2D eigenvalue weighted by Gasteiger charge is -2.34. The van der Waals surface area contributed by atoms with Gasteiger partial charge in [0.1, 0.15) is 12.2 Å². The zero-order valence-electron chi connectivity index (χ0n) is 14.4. The van der Waals surface area contributed by atoms with E-state index < -0.39 is 28.6 Å². The van der Waals surface area contributed by atoms with Crippen LogP contribution in [0.25, 0.3) is 0 Å². The predicted octanol–water partition coefficient (Wildman–Crippen LogP) is -0.526. The van der Waals surface area contributed by atoms with Crippen molar-refractivity contribution in [1.29, 1.82) is 0 Å². The van der Waals surface area contributed by atoms with Gasteiger partial charge >= 0.3 is 5.97 Å². The van der Waals surface area contributed by atoms with Crippen molar-refractivity contribution in [3.05, 3.63) is 17.5 Å². The van der Waals surface area contributed by atoms with E-state index in [9.17, 15) is 18.0 Å². The van der Waals surface area contributed by atoms with Crippen molar-refractivity contribution in [3.63, 3.8) is 0 Å². The molecule has 0 bridgehead atoms. The highest BCUT2D eigenvalue weighted by Gasteiger charge is 2.32. The Hall–Kier alpha value is -1.98. The highest BCUT2D eigenvalue weighted by molar-refractivity contribution is 7.88. The van der Waals surface area contributed by atoms with Crippen LogP contribution in [0.2, 0.25) is 0 Å². The number of ether oxygens (including phenoxy) is 1. The van der Waals surface area contributed by atoms with Gasteiger partial charge in [-0.3, -0.25) is 14.7 Å². The first-order valence-corrected chi connectivity index (χ1v) is 10.2. The second-order valence-corrected chi connectivity index (χ2v) is 8.66. The van der Waals surface area contributed by atoms with Gasteiger partial charge in [-0.2, -0.15) is 9.40 Å². The molecular weight excluding hydrogens is 364 g/mol. The lowest BCUT2D eigenvalue weighted by Crippen LogP contribution is -2.51. The Balaban J connectivity index is 1.63. The Bertz CT molecular complexity index is 788. The second kappa shape index (κ2) is 7.33. The van der Waals surface area contributed by atoms with Gasteiger partial charge in [-0.25, -0.2) is 8.42 Å². The number of nitrogens with one attached hydrogen (secondary N) is 1. The van der Waals surface area contributed by atoms with Gasteiger partial charge in [0.15, 0.2) is 0 Å². The van der Waals surface area contributed by atoms with Gasteiger partial charge < -0.3 is 14.7 Å². The number of hydrogen-bond donors (Lipinski definition) is 2. The summed E-state index contributed by atoms with van der Waals surface area (Å²) >= 11 is 0. The van der Waals surface area contributed by atoms with Crippen LogP contribution in [0.15, 0.2) is 6.07 Å². The summed E-state index contributed by atoms with van der Waals surface area (Å²) in [5.74, 6) is -1.03. The maximum Gasteiger partial charge on any atom is 0.318 e. The molecule has 1 unspecified atom stereocenters. The van der Waals surface area contributed by atoms with E-state index in [1.807, 2.05) is 0 Å². The molecule has 1 aliphatic carbocycles. The molecule has 1 aliphatic heterocycles. The molecule has 1 atom stereocenters. The van der Waals surface area contributed by atoms with E-state index >= 15 is 0 Å². The van der Waals surface area contributed by atoms with Crippen LogP contribution in [-0.2, 0) is 19.6 Å². The molecule has 0 radical (unpaired) electrons. The normalized spacial score (nSPS) is 21.2. The van der Waals surface area contributed by atoms with Gasteiger partial charge in [-0.15, -0.1) is 0 Å². The minimum Gasteiger partial charge on any atom is -0.480 e. The zero-order valence-corrected chi connectivity index (χ0v) is 15.2. The standard InChI is InChI=1S/C15H22N4O6S/c1-26(23,24)19(9-14(20)21)8-11-7-18(4-5-25-11)15(22)13-6-12(16-17-13)10-2-3-10/h6,10-11H,2-5,7-9H2,1H3,(H,16,17)(H,20,21). The maximum atomic E-state index is 12.6. The molecule has 2 aliphatic rings. The summed E-state index contributed by atoms with van der Waals surface area (Å²) in [5.41, 5.74) is 1.29. The lowest BCUT2D eigenvalue weighted by atomic mass is 10.2. The fourth-order valence-corrected chi connectivity index (χ4v) is 3.70. The van der Waals surface area contributed by atoms with Gasteiger partial charge in [0.2, 0.25) is 10.0 Å². The van der Waals surface area contributed by atoms with Crippen molar-refractivity contribution in [2.45, 2.75) is 24.9 Å². The summed E-state index contributed by atoms with van der Waals surface area (Å²) in [6.07, 6.45) is 2.55. The molecule has 0 spiro atoms. The Morgan fingerprint density at radius 1 is 1.46 bits per heavy atom. The van der Waals surface area contributed by atoms with Crippen LogP contribution in [0.3, 0.4) is 0 Å². The molecule has 2 fully saturated rings. The Labute approximate surface area is 151 Å². The largest absolute Gasteiger partial charge is 0.480 e. The van der Waals surface area contributed by atoms with Gasteiger partial charge in [0.25, 0.3) is 5.91 Å². The number of carboxylic acid groups (broad SMARTS) is 1. The summed E-state index contributed by atoms with van der Waals surface area (Å²) < 4.78 is 29.9. The molecule has 1 amide bonds. The molecule has 2 N–H and O–H groups in total. The molecule has 1 saturated heterocycles. The van der Waals surface area contributed by atoms with Crippen LogP contribution in [0.1, 0.15) is 34.9 Å². The summed E-state index contributed by atoms with van der Waals surface area (Å²) in [5, 5.41) is 15.9. The van der Waals surface area contributed by atoms with Crippen molar-refractivity contribution >= 4 is 21.9 Å². The average Bonchev–Trinajstić information content (AvgIpc) is 3.30. The first kappa shape index (κ1) is 18.8. The van der Waals surface area contributed by atoms with E-state index in [1.165, 1.54) is 0 Å². The second-order valence-electron chi connectivity index (χ2n) is 6.68. The van der Waals surface area contributed by atoms with Crippen molar-refractivity contribution in [2.24, 2.45) is 0 Å². The van der Waals surface area contributed by atoms with Crippen LogP contribution >= 0.6 is 0 Å². The van der Waals surface area contributed by atoms with Crippen LogP contribution in [0.4, 0.5) is 0 Å². The molecule has 1 aromatic rings. The van der Waals surface area contributed by atoms with Gasteiger partial charge in [-0.05, 0) is 18.9 Å². The smallest absolute Gasteiger partial charge is 0.318 e. The number of aliphatic carboxylic acids is 1. The number of aromatic amines is 1. The summed E-state index contributed by atoms with van der Waals surface area (Å²) in [6.45, 7) is 0.0371. The van der Waals surface area contributed by atoms with Crippen molar-refractivity contribution in [1.82, 2.24) is 19.4 Å². The fourth-order valence-electron chi connectivity index (χ4n) is 2.92. The molecule has 144 valence electrons. The van der Waals surface area contributed by atoms with E-state index in [-0.39, 0.29) is 25.6 Å². The van der Waals surface area contributed by atoms with Crippen LogP contribution in [0.5, 0.6) is 0 Å². The van der Waals surface area contributed by atoms with Crippen molar-refractivity contribution in [2.75, 3.05) is 39.0 Å². The number of carboxylic acids is 1. The number of morpholine rings is 1.